The molecule has 2 heterocycles. The monoisotopic (exact) mass is 425 g/mol. The Morgan fingerprint density at radius 1 is 1.03 bits per heavy atom. The van der Waals surface area contributed by atoms with E-state index in [-0.39, 0.29) is 10.8 Å². The first kappa shape index (κ1) is 19.7. The lowest BCUT2D eigenvalue weighted by molar-refractivity contribution is -0.274. The highest BCUT2D eigenvalue weighted by Crippen LogP contribution is 2.31. The minimum absolute atomic E-state index is 0.0609. The van der Waals surface area contributed by atoms with Crippen molar-refractivity contribution in [2.24, 2.45) is 0 Å². The maximum Gasteiger partial charge on any atom is 0.573 e. The number of nitrogens with one attached hydrogen (secondary N) is 1. The fourth-order valence-corrected chi connectivity index (χ4v) is 4.97. The molecule has 0 aliphatic carbocycles. The van der Waals surface area contributed by atoms with Gasteiger partial charge in [0, 0.05) is 19.0 Å². The standard InChI is InChI=1S/C19H18F3N3O3S/c20-19(21,22)28-14-5-7-15(8-6-14)29(26,27)25-11-9-13(10-12-25)18-23-16-3-1-2-4-17(16)24-18/h1-8,13H,9-12H2,(H,23,24). The molecule has 1 N–H and O–H groups in total. The number of sulfonamides is 1. The zero-order valence-electron chi connectivity index (χ0n) is 15.2. The Bertz CT molecular complexity index is 1070. The lowest BCUT2D eigenvalue weighted by Gasteiger charge is -2.30. The molecular formula is C19H18F3N3O3S. The largest absolute Gasteiger partial charge is 0.573 e. The Morgan fingerprint density at radius 2 is 1.69 bits per heavy atom. The number of H-pyrrole nitrogens is 1. The maximum atomic E-state index is 12.8. The van der Waals surface area contributed by atoms with Crippen molar-refractivity contribution >= 4 is 21.1 Å². The summed E-state index contributed by atoms with van der Waals surface area (Å²) in [5, 5.41) is 0. The zero-order chi connectivity index (χ0) is 20.6. The zero-order valence-corrected chi connectivity index (χ0v) is 16.0. The molecule has 1 aromatic heterocycles. The van der Waals surface area contributed by atoms with Gasteiger partial charge in [-0.25, -0.2) is 13.4 Å². The summed E-state index contributed by atoms with van der Waals surface area (Å²) in [7, 11) is -3.79. The first-order valence-electron chi connectivity index (χ1n) is 9.03. The first-order chi connectivity index (χ1) is 13.7. The van der Waals surface area contributed by atoms with Crippen molar-refractivity contribution in [2.45, 2.75) is 30.0 Å². The Labute approximate surface area is 165 Å². The summed E-state index contributed by atoms with van der Waals surface area (Å²) < 4.78 is 67.5. The van der Waals surface area contributed by atoms with Crippen LogP contribution >= 0.6 is 0 Å². The van der Waals surface area contributed by atoms with Crippen molar-refractivity contribution in [2.75, 3.05) is 13.1 Å². The molecule has 2 aromatic carbocycles. The summed E-state index contributed by atoms with van der Waals surface area (Å²) >= 11 is 0. The number of nitrogens with zero attached hydrogens (tertiary/aromatic N) is 2. The molecule has 1 aliphatic heterocycles. The quantitative estimate of drug-likeness (QED) is 0.685. The van der Waals surface area contributed by atoms with Crippen molar-refractivity contribution in [3.8, 4) is 5.75 Å². The van der Waals surface area contributed by atoms with E-state index in [4.69, 9.17) is 0 Å². The van der Waals surface area contributed by atoms with Gasteiger partial charge >= 0.3 is 6.36 Å². The molecule has 154 valence electrons. The van der Waals surface area contributed by atoms with Gasteiger partial charge in [0.25, 0.3) is 0 Å². The predicted molar refractivity (Wildman–Crippen MR) is 100.0 cm³/mol. The highest BCUT2D eigenvalue weighted by Gasteiger charge is 2.33. The lowest BCUT2D eigenvalue weighted by Crippen LogP contribution is -2.38. The summed E-state index contributed by atoms with van der Waals surface area (Å²) in [6, 6.07) is 11.9. The second-order valence-corrected chi connectivity index (χ2v) is 8.77. The van der Waals surface area contributed by atoms with Crippen molar-refractivity contribution in [3.63, 3.8) is 0 Å². The normalized spacial score (nSPS) is 16.9. The highest BCUT2D eigenvalue weighted by molar-refractivity contribution is 7.89. The molecule has 0 atom stereocenters. The van der Waals surface area contributed by atoms with Crippen LogP contribution in [0.2, 0.25) is 0 Å². The molecule has 10 heteroatoms. The summed E-state index contributed by atoms with van der Waals surface area (Å²) in [5.74, 6) is 0.508. The second-order valence-electron chi connectivity index (χ2n) is 6.84. The lowest BCUT2D eigenvalue weighted by atomic mass is 9.97. The van der Waals surface area contributed by atoms with E-state index in [0.717, 1.165) is 41.1 Å². The Kier molecular flexibility index (Phi) is 4.99. The van der Waals surface area contributed by atoms with Crippen LogP contribution in [0.1, 0.15) is 24.6 Å². The number of hydrogen-bond acceptors (Lipinski definition) is 4. The number of ether oxygens (including phenoxy) is 1. The highest BCUT2D eigenvalue weighted by atomic mass is 32.2. The van der Waals surface area contributed by atoms with E-state index < -0.39 is 22.1 Å². The summed E-state index contributed by atoms with van der Waals surface area (Å²) in [5.41, 5.74) is 1.82. The van der Waals surface area contributed by atoms with Crippen LogP contribution < -0.4 is 4.74 Å². The molecule has 0 amide bonds. The van der Waals surface area contributed by atoms with Gasteiger partial charge < -0.3 is 9.72 Å². The molecule has 0 unspecified atom stereocenters. The van der Waals surface area contributed by atoms with E-state index in [1.54, 1.807) is 0 Å². The van der Waals surface area contributed by atoms with E-state index in [2.05, 4.69) is 14.7 Å². The molecule has 4 rings (SSSR count). The van der Waals surface area contributed by atoms with Crippen LogP contribution in [0.25, 0.3) is 11.0 Å². The number of hydrogen-bond donors (Lipinski definition) is 1. The third kappa shape index (κ3) is 4.23. The van der Waals surface area contributed by atoms with Gasteiger partial charge in [0.15, 0.2) is 0 Å². The number of piperidine rings is 1. The Morgan fingerprint density at radius 3 is 2.31 bits per heavy atom. The predicted octanol–water partition coefficient (Wildman–Crippen LogP) is 4.03. The van der Waals surface area contributed by atoms with E-state index in [9.17, 15) is 21.6 Å². The van der Waals surface area contributed by atoms with E-state index in [1.807, 2.05) is 24.3 Å². The molecule has 1 saturated heterocycles. The van der Waals surface area contributed by atoms with Crippen LogP contribution in [-0.2, 0) is 10.0 Å². The van der Waals surface area contributed by atoms with Gasteiger partial charge in [0.2, 0.25) is 10.0 Å². The number of benzene rings is 2. The molecule has 0 saturated carbocycles. The third-order valence-electron chi connectivity index (χ3n) is 4.94. The SMILES string of the molecule is O=S(=O)(c1ccc(OC(F)(F)F)cc1)N1CCC(c2nc3ccccc3[nH]2)CC1. The minimum Gasteiger partial charge on any atom is -0.406 e. The molecule has 6 nitrogen and oxygen atoms in total. The van der Waals surface area contributed by atoms with Crippen molar-refractivity contribution in [3.05, 3.63) is 54.4 Å². The summed E-state index contributed by atoms with van der Waals surface area (Å²) in [4.78, 5) is 7.82. The molecule has 1 fully saturated rings. The molecule has 1 aliphatic rings. The van der Waals surface area contributed by atoms with Gasteiger partial charge in [0.1, 0.15) is 11.6 Å². The number of alkyl halides is 3. The van der Waals surface area contributed by atoms with E-state index in [0.29, 0.717) is 25.9 Å². The number of fused-ring (bicyclic) bond motifs is 1. The van der Waals surface area contributed by atoms with Gasteiger partial charge in [-0.15, -0.1) is 13.2 Å². The van der Waals surface area contributed by atoms with Crippen LogP contribution in [0.3, 0.4) is 0 Å². The minimum atomic E-state index is -4.82. The van der Waals surface area contributed by atoms with Gasteiger partial charge in [-0.2, -0.15) is 4.31 Å². The number of para-hydroxylation sites is 2. The van der Waals surface area contributed by atoms with Crippen molar-refractivity contribution in [1.82, 2.24) is 14.3 Å². The van der Waals surface area contributed by atoms with Gasteiger partial charge in [-0.3, -0.25) is 0 Å². The topological polar surface area (TPSA) is 75.3 Å². The van der Waals surface area contributed by atoms with Gasteiger partial charge in [0.05, 0.1) is 15.9 Å². The number of halogens is 3. The molecule has 0 spiro atoms. The Balaban J connectivity index is 1.44. The van der Waals surface area contributed by atoms with Crippen LogP contribution in [0.15, 0.2) is 53.4 Å². The van der Waals surface area contributed by atoms with Crippen molar-refractivity contribution in [1.29, 1.82) is 0 Å². The molecular weight excluding hydrogens is 407 g/mol. The number of aromatic nitrogens is 2. The average molecular weight is 425 g/mol. The van der Waals surface area contributed by atoms with Crippen LogP contribution in [0.4, 0.5) is 13.2 Å². The molecule has 3 aromatic rings. The first-order valence-corrected chi connectivity index (χ1v) is 10.5. The van der Waals surface area contributed by atoms with Gasteiger partial charge in [-0.1, -0.05) is 12.1 Å². The average Bonchev–Trinajstić information content (AvgIpc) is 3.11. The molecule has 0 radical (unpaired) electrons. The number of rotatable bonds is 4. The van der Waals surface area contributed by atoms with Crippen LogP contribution in [-0.4, -0.2) is 42.1 Å². The fraction of sp³-hybridized carbons (Fsp3) is 0.316. The van der Waals surface area contributed by atoms with Crippen LogP contribution in [0.5, 0.6) is 5.75 Å². The fourth-order valence-electron chi connectivity index (χ4n) is 3.50. The molecule has 29 heavy (non-hydrogen) atoms. The summed E-state index contributed by atoms with van der Waals surface area (Å²) in [6.45, 7) is 0.621. The maximum absolute atomic E-state index is 12.8. The van der Waals surface area contributed by atoms with Crippen LogP contribution in [0, 0.1) is 0 Å². The number of aromatic amines is 1. The molecule has 0 bridgehead atoms. The van der Waals surface area contributed by atoms with Crippen molar-refractivity contribution < 1.29 is 26.3 Å². The second kappa shape index (κ2) is 7.34. The number of imidazole rings is 1. The Hall–Kier alpha value is -2.59. The van der Waals surface area contributed by atoms with E-state index in [1.165, 1.54) is 4.31 Å². The smallest absolute Gasteiger partial charge is 0.406 e. The third-order valence-corrected chi connectivity index (χ3v) is 6.86. The van der Waals surface area contributed by atoms with E-state index >= 15 is 0 Å². The van der Waals surface area contributed by atoms with Gasteiger partial charge in [-0.05, 0) is 49.2 Å². The summed E-state index contributed by atoms with van der Waals surface area (Å²) in [6.07, 6.45) is -3.61.